The van der Waals surface area contributed by atoms with E-state index in [-0.39, 0.29) is 62.9 Å². The molecule has 0 aliphatic rings. The van der Waals surface area contributed by atoms with Crippen molar-refractivity contribution in [2.75, 3.05) is 6.61 Å². The van der Waals surface area contributed by atoms with Crippen LogP contribution in [0.2, 0.25) is 0 Å². The number of benzene rings is 1. The van der Waals surface area contributed by atoms with Crippen molar-refractivity contribution >= 4 is 11.9 Å². The Bertz CT molecular complexity index is 384. The smallest absolute Gasteiger partial charge is 0.545 e. The van der Waals surface area contributed by atoms with Crippen LogP contribution in [-0.4, -0.2) is 18.5 Å². The fraction of sp³-hybridized carbons (Fsp3) is 0.333. The summed E-state index contributed by atoms with van der Waals surface area (Å²) in [5, 5.41) is 10.5. The summed E-state index contributed by atoms with van der Waals surface area (Å²) in [6.45, 7) is 4.22. The number of carbonyl (C=O) groups is 2. The van der Waals surface area contributed by atoms with Crippen molar-refractivity contribution < 1.29 is 70.8 Å². The van der Waals surface area contributed by atoms with Crippen LogP contribution < -0.4 is 56.5 Å². The van der Waals surface area contributed by atoms with Crippen LogP contribution in [-0.2, 0) is 4.74 Å². The third-order valence-corrected chi connectivity index (χ3v) is 1.90. The number of esters is 1. The van der Waals surface area contributed by atoms with Crippen molar-refractivity contribution in [3.8, 4) is 0 Å². The van der Waals surface area contributed by atoms with Gasteiger partial charge in [0, 0.05) is 0 Å². The molecule has 0 atom stereocenters. The molecule has 5 heteroatoms. The summed E-state index contributed by atoms with van der Waals surface area (Å²) in [4.78, 5) is 21.9. The van der Waals surface area contributed by atoms with E-state index in [1.54, 1.807) is 0 Å². The molecule has 0 bridgehead atoms. The Labute approximate surface area is 143 Å². The van der Waals surface area contributed by atoms with E-state index in [1.807, 2.05) is 13.8 Å². The fourth-order valence-corrected chi connectivity index (χ4v) is 1.07. The van der Waals surface area contributed by atoms with Gasteiger partial charge in [-0.05, 0) is 23.6 Å². The number of hydrogen-bond acceptors (Lipinski definition) is 4. The van der Waals surface area contributed by atoms with Crippen molar-refractivity contribution in [1.29, 1.82) is 0 Å². The molecular formula is C12H13KO4. The molecule has 0 heterocycles. The maximum Gasteiger partial charge on any atom is 1.00 e. The van der Waals surface area contributed by atoms with Gasteiger partial charge >= 0.3 is 57.4 Å². The van der Waals surface area contributed by atoms with Gasteiger partial charge in [0.25, 0.3) is 0 Å². The summed E-state index contributed by atoms with van der Waals surface area (Å²) in [6.07, 6.45) is 0. The van der Waals surface area contributed by atoms with E-state index < -0.39 is 11.9 Å². The molecular weight excluding hydrogens is 247 g/mol. The van der Waals surface area contributed by atoms with Crippen LogP contribution in [0.15, 0.2) is 24.3 Å². The molecule has 0 N–H and O–H groups in total. The monoisotopic (exact) mass is 260 g/mol. The minimum Gasteiger partial charge on any atom is -0.545 e. The van der Waals surface area contributed by atoms with E-state index in [4.69, 9.17) is 4.74 Å². The Morgan fingerprint density at radius 1 is 1.18 bits per heavy atom. The van der Waals surface area contributed by atoms with Gasteiger partial charge in [-0.1, -0.05) is 26.0 Å². The van der Waals surface area contributed by atoms with Crippen LogP contribution >= 0.6 is 0 Å². The van der Waals surface area contributed by atoms with Crippen molar-refractivity contribution in [2.45, 2.75) is 13.8 Å². The summed E-state index contributed by atoms with van der Waals surface area (Å²) >= 11 is 0. The van der Waals surface area contributed by atoms with Gasteiger partial charge in [-0.15, -0.1) is 0 Å². The van der Waals surface area contributed by atoms with Crippen LogP contribution in [0.1, 0.15) is 34.6 Å². The maximum absolute atomic E-state index is 11.4. The number of carboxylic acid groups (broad SMARTS) is 1. The molecule has 1 aromatic rings. The molecule has 0 aromatic heterocycles. The summed E-state index contributed by atoms with van der Waals surface area (Å²) in [7, 11) is 0. The second-order valence-electron chi connectivity index (χ2n) is 3.86. The van der Waals surface area contributed by atoms with E-state index in [2.05, 4.69) is 0 Å². The molecule has 0 fully saturated rings. The minimum atomic E-state index is -1.26. The van der Waals surface area contributed by atoms with Gasteiger partial charge in [-0.2, -0.15) is 0 Å². The van der Waals surface area contributed by atoms with Crippen LogP contribution in [0.4, 0.5) is 0 Å². The average Bonchev–Trinajstić information content (AvgIpc) is 2.26. The van der Waals surface area contributed by atoms with Crippen molar-refractivity contribution in [3.63, 3.8) is 0 Å². The quantitative estimate of drug-likeness (QED) is 0.458. The summed E-state index contributed by atoms with van der Waals surface area (Å²) in [5.74, 6) is -1.44. The van der Waals surface area contributed by atoms with Gasteiger partial charge in [0.1, 0.15) is 0 Å². The first kappa shape index (κ1) is 16.8. The predicted molar refractivity (Wildman–Crippen MR) is 55.9 cm³/mol. The van der Waals surface area contributed by atoms with Gasteiger partial charge in [-0.3, -0.25) is 0 Å². The third-order valence-electron chi connectivity index (χ3n) is 1.90. The Kier molecular flexibility index (Phi) is 7.90. The normalized spacial score (nSPS) is 9.59. The Balaban J connectivity index is 0.00000256. The average molecular weight is 260 g/mol. The van der Waals surface area contributed by atoms with Gasteiger partial charge in [-0.25, -0.2) is 4.79 Å². The topological polar surface area (TPSA) is 66.4 Å². The molecule has 86 valence electrons. The molecule has 0 spiro atoms. The van der Waals surface area contributed by atoms with E-state index >= 15 is 0 Å². The zero-order chi connectivity index (χ0) is 12.1. The molecule has 0 radical (unpaired) electrons. The zero-order valence-electron chi connectivity index (χ0n) is 10.2. The van der Waals surface area contributed by atoms with E-state index in [0.29, 0.717) is 12.2 Å². The molecule has 4 nitrogen and oxygen atoms in total. The van der Waals surface area contributed by atoms with Crippen molar-refractivity contribution in [2.24, 2.45) is 5.92 Å². The minimum absolute atomic E-state index is 0. The first-order chi connectivity index (χ1) is 7.50. The molecule has 0 saturated carbocycles. The van der Waals surface area contributed by atoms with Crippen LogP contribution in [0, 0.1) is 5.92 Å². The molecule has 1 aromatic carbocycles. The first-order valence-electron chi connectivity index (χ1n) is 4.99. The Morgan fingerprint density at radius 2 is 1.65 bits per heavy atom. The number of rotatable bonds is 4. The van der Waals surface area contributed by atoms with Gasteiger partial charge in [0.15, 0.2) is 0 Å². The van der Waals surface area contributed by atoms with Gasteiger partial charge in [0.2, 0.25) is 0 Å². The molecule has 0 aliphatic carbocycles. The molecule has 0 aliphatic heterocycles. The van der Waals surface area contributed by atoms with Crippen molar-refractivity contribution in [3.05, 3.63) is 35.4 Å². The molecule has 0 saturated heterocycles. The summed E-state index contributed by atoms with van der Waals surface area (Å²) in [6, 6.07) is 5.46. The Morgan fingerprint density at radius 3 is 2.06 bits per heavy atom. The largest absolute Gasteiger partial charge is 1.00 e. The van der Waals surface area contributed by atoms with Gasteiger partial charge < -0.3 is 14.6 Å². The predicted octanol–water partition coefficient (Wildman–Crippen LogP) is -2.13. The second-order valence-corrected chi connectivity index (χ2v) is 3.86. The third kappa shape index (κ3) is 5.79. The molecule has 1 rings (SSSR count). The van der Waals surface area contributed by atoms with E-state index in [9.17, 15) is 14.7 Å². The number of hydrogen-bond donors (Lipinski definition) is 0. The number of ether oxygens (including phenoxy) is 1. The summed E-state index contributed by atoms with van der Waals surface area (Å²) in [5.41, 5.74) is 0.381. The van der Waals surface area contributed by atoms with Gasteiger partial charge in [0.05, 0.1) is 18.1 Å². The van der Waals surface area contributed by atoms with Crippen LogP contribution in [0.25, 0.3) is 0 Å². The van der Waals surface area contributed by atoms with E-state index in [0.717, 1.165) is 0 Å². The SMILES string of the molecule is CC(C)COC(=O)c1ccc(C(=O)[O-])cc1.[K+]. The number of aromatic carboxylic acids is 1. The zero-order valence-corrected chi connectivity index (χ0v) is 13.3. The second kappa shape index (κ2) is 8.00. The van der Waals surface area contributed by atoms with Crippen LogP contribution in [0.5, 0.6) is 0 Å². The molecule has 0 unspecified atom stereocenters. The molecule has 0 amide bonds. The van der Waals surface area contributed by atoms with E-state index in [1.165, 1.54) is 24.3 Å². The van der Waals surface area contributed by atoms with Crippen molar-refractivity contribution in [1.82, 2.24) is 0 Å². The number of carbonyl (C=O) groups excluding carboxylic acids is 2. The number of carboxylic acids is 1. The van der Waals surface area contributed by atoms with Crippen LogP contribution in [0.3, 0.4) is 0 Å². The first-order valence-corrected chi connectivity index (χ1v) is 4.99. The standard InChI is InChI=1S/C12H14O4.K/c1-8(2)7-16-12(15)10-5-3-9(4-6-10)11(13)14;/h3-6,8H,7H2,1-2H3,(H,13,14);/q;+1/p-1. The fourth-order valence-electron chi connectivity index (χ4n) is 1.07. The maximum atomic E-state index is 11.4. The summed E-state index contributed by atoms with van der Waals surface area (Å²) < 4.78 is 4.99. The Hall–Kier alpha value is -0.204. The molecule has 17 heavy (non-hydrogen) atoms.